The first kappa shape index (κ1) is 17.7. The van der Waals surface area contributed by atoms with E-state index < -0.39 is 0 Å². The third kappa shape index (κ3) is 4.49. The van der Waals surface area contributed by atoms with E-state index in [1.165, 1.54) is 4.90 Å². The molecule has 0 bridgehead atoms. The number of aliphatic hydroxyl groups is 1. The Morgan fingerprint density at radius 3 is 2.68 bits per heavy atom. The van der Waals surface area contributed by atoms with E-state index in [0.29, 0.717) is 19.0 Å². The predicted molar refractivity (Wildman–Crippen MR) is 95.1 cm³/mol. The van der Waals surface area contributed by atoms with Gasteiger partial charge in [0.2, 0.25) is 5.91 Å². The van der Waals surface area contributed by atoms with E-state index in [0.717, 1.165) is 43.7 Å². The molecule has 2 aliphatic heterocycles. The third-order valence-electron chi connectivity index (χ3n) is 4.96. The molecule has 0 spiro atoms. The van der Waals surface area contributed by atoms with Crippen LogP contribution < -0.4 is 10.6 Å². The minimum Gasteiger partial charge on any atom is -0.396 e. The Bertz CT molecular complexity index is 614. The normalized spacial score (nSPS) is 19.1. The third-order valence-corrected chi connectivity index (χ3v) is 4.96. The van der Waals surface area contributed by atoms with Gasteiger partial charge in [-0.1, -0.05) is 18.2 Å². The monoisotopic (exact) mass is 346 g/mol. The van der Waals surface area contributed by atoms with E-state index in [2.05, 4.69) is 21.6 Å². The number of benzene rings is 1. The quantitative estimate of drug-likeness (QED) is 0.711. The van der Waals surface area contributed by atoms with E-state index in [1.807, 2.05) is 18.2 Å². The molecule has 136 valence electrons. The zero-order valence-corrected chi connectivity index (χ0v) is 14.4. The molecule has 0 radical (unpaired) electrons. The Morgan fingerprint density at radius 2 is 2.00 bits per heavy atom. The highest BCUT2D eigenvalue weighted by Gasteiger charge is 2.25. The van der Waals surface area contributed by atoms with Crippen molar-refractivity contribution in [2.24, 2.45) is 5.92 Å². The van der Waals surface area contributed by atoms with Crippen molar-refractivity contribution in [3.63, 3.8) is 0 Å². The minimum atomic E-state index is -0.313. The number of amides is 3. The molecule has 7 nitrogen and oxygen atoms in total. The van der Waals surface area contributed by atoms with Crippen LogP contribution >= 0.6 is 0 Å². The molecule has 1 aromatic carbocycles. The molecular formula is C18H26N4O3. The summed E-state index contributed by atoms with van der Waals surface area (Å²) in [5, 5.41) is 15.1. The number of hydrogen-bond donors (Lipinski definition) is 3. The Kier molecular flexibility index (Phi) is 5.88. The summed E-state index contributed by atoms with van der Waals surface area (Å²) < 4.78 is 0. The number of anilines is 1. The Balaban J connectivity index is 1.55. The lowest BCUT2D eigenvalue weighted by atomic mass is 9.97. The van der Waals surface area contributed by atoms with Crippen molar-refractivity contribution in [3.8, 4) is 0 Å². The zero-order chi connectivity index (χ0) is 17.6. The van der Waals surface area contributed by atoms with Crippen LogP contribution in [0.2, 0.25) is 0 Å². The fourth-order valence-electron chi connectivity index (χ4n) is 3.37. The second kappa shape index (κ2) is 8.31. The van der Waals surface area contributed by atoms with Crippen LogP contribution in [0.5, 0.6) is 0 Å². The number of carbonyl (C=O) groups excluding carboxylic acids is 2. The van der Waals surface area contributed by atoms with Crippen molar-refractivity contribution in [3.05, 3.63) is 29.8 Å². The SMILES string of the molecule is O=C(CNc1ccccc1CN1CCC(CO)CC1)N1CCNC1=O. The van der Waals surface area contributed by atoms with Gasteiger partial charge in [0.1, 0.15) is 0 Å². The van der Waals surface area contributed by atoms with Gasteiger partial charge < -0.3 is 15.7 Å². The predicted octanol–water partition coefficient (Wildman–Crippen LogP) is 0.855. The van der Waals surface area contributed by atoms with E-state index >= 15 is 0 Å². The van der Waals surface area contributed by atoms with Gasteiger partial charge in [0.25, 0.3) is 0 Å². The summed E-state index contributed by atoms with van der Waals surface area (Å²) in [6.45, 7) is 4.11. The first-order valence-electron chi connectivity index (χ1n) is 8.90. The number of aliphatic hydroxyl groups excluding tert-OH is 1. The van der Waals surface area contributed by atoms with Crippen molar-refractivity contribution >= 4 is 17.6 Å². The lowest BCUT2D eigenvalue weighted by molar-refractivity contribution is -0.125. The second-order valence-electron chi connectivity index (χ2n) is 6.69. The number of carbonyl (C=O) groups is 2. The van der Waals surface area contributed by atoms with Gasteiger partial charge in [-0.2, -0.15) is 0 Å². The smallest absolute Gasteiger partial charge is 0.324 e. The first-order chi connectivity index (χ1) is 12.2. The van der Waals surface area contributed by atoms with E-state index in [9.17, 15) is 14.7 Å². The van der Waals surface area contributed by atoms with Gasteiger partial charge >= 0.3 is 6.03 Å². The van der Waals surface area contributed by atoms with Crippen molar-refractivity contribution < 1.29 is 14.7 Å². The van der Waals surface area contributed by atoms with Crippen LogP contribution in [0.25, 0.3) is 0 Å². The van der Waals surface area contributed by atoms with Crippen molar-refractivity contribution in [1.82, 2.24) is 15.1 Å². The van der Waals surface area contributed by atoms with Crippen LogP contribution in [0.1, 0.15) is 18.4 Å². The van der Waals surface area contributed by atoms with Crippen LogP contribution in [0.3, 0.4) is 0 Å². The number of nitrogens with zero attached hydrogens (tertiary/aromatic N) is 2. The maximum absolute atomic E-state index is 12.2. The molecule has 0 aromatic heterocycles. The standard InChI is InChI=1S/C18H26N4O3/c23-13-14-5-8-21(9-6-14)12-15-3-1-2-4-16(15)20-11-17(24)22-10-7-19-18(22)25/h1-4,14,20,23H,5-13H2,(H,19,25). The highest BCUT2D eigenvalue weighted by molar-refractivity contribution is 5.97. The maximum Gasteiger partial charge on any atom is 0.324 e. The van der Waals surface area contributed by atoms with E-state index in [4.69, 9.17) is 0 Å². The molecule has 0 atom stereocenters. The van der Waals surface area contributed by atoms with E-state index in [-0.39, 0.29) is 25.1 Å². The van der Waals surface area contributed by atoms with Crippen LogP contribution in [0.15, 0.2) is 24.3 Å². The largest absolute Gasteiger partial charge is 0.396 e. The molecule has 3 amide bonds. The number of para-hydroxylation sites is 1. The summed E-state index contributed by atoms with van der Waals surface area (Å²) in [5.74, 6) is 0.211. The van der Waals surface area contributed by atoms with Gasteiger partial charge in [-0.3, -0.25) is 14.6 Å². The Labute approximate surface area is 148 Å². The second-order valence-corrected chi connectivity index (χ2v) is 6.69. The fraction of sp³-hybridized carbons (Fsp3) is 0.556. The number of hydrogen-bond acceptors (Lipinski definition) is 5. The van der Waals surface area contributed by atoms with Crippen molar-refractivity contribution in [1.29, 1.82) is 0 Å². The molecule has 0 saturated carbocycles. The first-order valence-corrected chi connectivity index (χ1v) is 8.90. The van der Waals surface area contributed by atoms with Crippen LogP contribution in [0.4, 0.5) is 10.5 Å². The average molecular weight is 346 g/mol. The summed E-state index contributed by atoms with van der Waals surface area (Å²) in [5.41, 5.74) is 2.07. The summed E-state index contributed by atoms with van der Waals surface area (Å²) in [7, 11) is 0. The molecule has 1 aromatic rings. The van der Waals surface area contributed by atoms with Crippen LogP contribution in [-0.4, -0.2) is 66.2 Å². The molecular weight excluding hydrogens is 320 g/mol. The average Bonchev–Trinajstić information content (AvgIpc) is 3.07. The number of nitrogens with one attached hydrogen (secondary N) is 2. The summed E-state index contributed by atoms with van der Waals surface area (Å²) in [6.07, 6.45) is 2.04. The Morgan fingerprint density at radius 1 is 1.24 bits per heavy atom. The molecule has 25 heavy (non-hydrogen) atoms. The van der Waals surface area contributed by atoms with Crippen LogP contribution in [0, 0.1) is 5.92 Å². The van der Waals surface area contributed by atoms with Crippen molar-refractivity contribution in [2.45, 2.75) is 19.4 Å². The highest BCUT2D eigenvalue weighted by Crippen LogP contribution is 2.22. The molecule has 0 aliphatic carbocycles. The van der Waals surface area contributed by atoms with Gasteiger partial charge in [0, 0.05) is 31.9 Å². The lowest BCUT2D eigenvalue weighted by Crippen LogP contribution is -2.38. The number of likely N-dealkylation sites (tertiary alicyclic amines) is 1. The molecule has 2 saturated heterocycles. The molecule has 7 heteroatoms. The van der Waals surface area contributed by atoms with Gasteiger partial charge in [0.05, 0.1) is 6.54 Å². The van der Waals surface area contributed by atoms with Crippen molar-refractivity contribution in [2.75, 3.05) is 44.6 Å². The fourth-order valence-corrected chi connectivity index (χ4v) is 3.37. The maximum atomic E-state index is 12.2. The summed E-state index contributed by atoms with van der Waals surface area (Å²) >= 11 is 0. The number of piperidine rings is 1. The van der Waals surface area contributed by atoms with Gasteiger partial charge in [-0.25, -0.2) is 4.79 Å². The zero-order valence-electron chi connectivity index (χ0n) is 14.4. The van der Waals surface area contributed by atoms with Gasteiger partial charge in [0.15, 0.2) is 0 Å². The molecule has 0 unspecified atom stereocenters. The number of imide groups is 1. The number of urea groups is 1. The Hall–Kier alpha value is -2.12. The molecule has 2 fully saturated rings. The molecule has 3 rings (SSSR count). The summed E-state index contributed by atoms with van der Waals surface area (Å²) in [6, 6.07) is 7.65. The summed E-state index contributed by atoms with van der Waals surface area (Å²) in [4.78, 5) is 27.3. The lowest BCUT2D eigenvalue weighted by Gasteiger charge is -2.31. The molecule has 3 N–H and O–H groups in total. The molecule has 2 aliphatic rings. The van der Waals surface area contributed by atoms with Gasteiger partial charge in [-0.05, 0) is 43.5 Å². The topological polar surface area (TPSA) is 84.9 Å². The minimum absolute atomic E-state index is 0.108. The van der Waals surface area contributed by atoms with Crippen LogP contribution in [-0.2, 0) is 11.3 Å². The highest BCUT2D eigenvalue weighted by atomic mass is 16.3. The van der Waals surface area contributed by atoms with E-state index in [1.54, 1.807) is 0 Å². The van der Waals surface area contributed by atoms with Gasteiger partial charge in [-0.15, -0.1) is 0 Å². The number of rotatable bonds is 6. The molecule has 2 heterocycles.